The summed E-state index contributed by atoms with van der Waals surface area (Å²) in [5.74, 6) is 0.0617. The molecule has 0 unspecified atom stereocenters. The number of fused-ring (bicyclic) bond motifs is 1. The van der Waals surface area contributed by atoms with E-state index in [9.17, 15) is 4.79 Å². The molecule has 2 saturated heterocycles. The molecule has 2 aromatic carbocycles. The second-order valence-corrected chi connectivity index (χ2v) is 7.20. The smallest absolute Gasteiger partial charge is 0.256 e. The zero-order valence-electron chi connectivity index (χ0n) is 15.3. The molecule has 2 heterocycles. The number of para-hydroxylation sites is 1. The van der Waals surface area contributed by atoms with Crippen molar-refractivity contribution in [3.63, 3.8) is 0 Å². The molecule has 2 atom stereocenters. The lowest BCUT2D eigenvalue weighted by Gasteiger charge is -2.33. The molecule has 2 aliphatic heterocycles. The lowest BCUT2D eigenvalue weighted by molar-refractivity contribution is -0.0368. The van der Waals surface area contributed by atoms with Crippen molar-refractivity contribution in [2.75, 3.05) is 38.6 Å². The van der Waals surface area contributed by atoms with Crippen molar-refractivity contribution in [3.8, 4) is 0 Å². The van der Waals surface area contributed by atoms with Gasteiger partial charge in [-0.05, 0) is 38.2 Å². The fraction of sp³-hybridized carbons (Fsp3) is 0.381. The Bertz CT molecular complexity index is 790. The number of morpholine rings is 1. The minimum Gasteiger partial charge on any atom is -0.373 e. The average Bonchev–Trinajstić information content (AvgIpc) is 3.09. The Hall–Kier alpha value is -2.37. The van der Waals surface area contributed by atoms with Crippen molar-refractivity contribution in [1.29, 1.82) is 0 Å². The van der Waals surface area contributed by atoms with Crippen LogP contribution in [0.5, 0.6) is 0 Å². The SMILES string of the molecule is Cc1ccc(Nc2ccccc2C(=O)N2C[C@H]3OCCN(C)[C@H]3C2)cc1. The van der Waals surface area contributed by atoms with Crippen molar-refractivity contribution in [1.82, 2.24) is 9.80 Å². The normalized spacial score (nSPS) is 22.9. The van der Waals surface area contributed by atoms with Gasteiger partial charge in [-0.3, -0.25) is 9.69 Å². The third-order valence-corrected chi connectivity index (χ3v) is 5.35. The number of aryl methyl sites for hydroxylation is 1. The summed E-state index contributed by atoms with van der Waals surface area (Å²) in [5.41, 5.74) is 3.73. The number of nitrogens with zero attached hydrogens (tertiary/aromatic N) is 2. The minimum atomic E-state index is 0.0617. The number of likely N-dealkylation sites (N-methyl/N-ethyl adjacent to an activating group) is 1. The predicted octanol–water partition coefficient (Wildman–Crippen LogP) is 2.89. The van der Waals surface area contributed by atoms with Crippen molar-refractivity contribution < 1.29 is 9.53 Å². The molecular formula is C21H25N3O2. The Labute approximate surface area is 154 Å². The van der Waals surface area contributed by atoms with Crippen LogP contribution in [0.25, 0.3) is 0 Å². The summed E-state index contributed by atoms with van der Waals surface area (Å²) in [7, 11) is 2.11. The zero-order valence-corrected chi connectivity index (χ0v) is 15.3. The third kappa shape index (κ3) is 3.32. The number of amides is 1. The number of ether oxygens (including phenoxy) is 1. The Morgan fingerprint density at radius 3 is 2.65 bits per heavy atom. The largest absolute Gasteiger partial charge is 0.373 e. The third-order valence-electron chi connectivity index (χ3n) is 5.35. The van der Waals surface area contributed by atoms with Gasteiger partial charge in [0.25, 0.3) is 5.91 Å². The van der Waals surface area contributed by atoms with Gasteiger partial charge in [-0.25, -0.2) is 0 Å². The van der Waals surface area contributed by atoms with Gasteiger partial charge in [0.1, 0.15) is 0 Å². The fourth-order valence-electron chi connectivity index (χ4n) is 3.76. The maximum Gasteiger partial charge on any atom is 0.256 e. The summed E-state index contributed by atoms with van der Waals surface area (Å²) in [5, 5.41) is 3.39. The molecule has 0 aromatic heterocycles. The summed E-state index contributed by atoms with van der Waals surface area (Å²) in [6, 6.07) is 16.2. The molecule has 4 rings (SSSR count). The Balaban J connectivity index is 1.54. The van der Waals surface area contributed by atoms with E-state index in [1.807, 2.05) is 41.3 Å². The second-order valence-electron chi connectivity index (χ2n) is 7.20. The summed E-state index contributed by atoms with van der Waals surface area (Å²) in [6.45, 7) is 5.11. The minimum absolute atomic E-state index is 0.0617. The molecule has 5 heteroatoms. The van der Waals surface area contributed by atoms with Crippen molar-refractivity contribution in [3.05, 3.63) is 59.7 Å². The second kappa shape index (κ2) is 7.09. The van der Waals surface area contributed by atoms with Gasteiger partial charge in [0.2, 0.25) is 0 Å². The van der Waals surface area contributed by atoms with Gasteiger partial charge in [0, 0.05) is 25.3 Å². The summed E-state index contributed by atoms with van der Waals surface area (Å²) < 4.78 is 5.87. The molecule has 2 aromatic rings. The number of carbonyl (C=O) groups is 1. The molecule has 0 saturated carbocycles. The van der Waals surface area contributed by atoms with Crippen LogP contribution in [0.2, 0.25) is 0 Å². The first kappa shape index (κ1) is 17.1. The number of rotatable bonds is 3. The summed E-state index contributed by atoms with van der Waals surface area (Å²) >= 11 is 0. The molecule has 0 bridgehead atoms. The van der Waals surface area contributed by atoms with Crippen molar-refractivity contribution in [2.24, 2.45) is 0 Å². The molecule has 5 nitrogen and oxygen atoms in total. The van der Waals surface area contributed by atoms with Crippen LogP contribution in [0, 0.1) is 6.92 Å². The van der Waals surface area contributed by atoms with Crippen molar-refractivity contribution in [2.45, 2.75) is 19.1 Å². The van der Waals surface area contributed by atoms with Crippen LogP contribution in [-0.4, -0.2) is 61.1 Å². The van der Waals surface area contributed by atoms with Gasteiger partial charge in [0.05, 0.1) is 30.0 Å². The molecule has 1 amide bonds. The van der Waals surface area contributed by atoms with Gasteiger partial charge in [-0.1, -0.05) is 29.8 Å². The molecule has 0 spiro atoms. The van der Waals surface area contributed by atoms with Crippen LogP contribution in [0.1, 0.15) is 15.9 Å². The van der Waals surface area contributed by atoms with E-state index in [2.05, 4.69) is 36.3 Å². The van der Waals surface area contributed by atoms with E-state index in [1.54, 1.807) is 0 Å². The number of benzene rings is 2. The zero-order chi connectivity index (χ0) is 18.1. The number of nitrogens with one attached hydrogen (secondary N) is 1. The lowest BCUT2D eigenvalue weighted by atomic mass is 10.1. The molecule has 2 fully saturated rings. The van der Waals surface area contributed by atoms with Gasteiger partial charge in [0.15, 0.2) is 0 Å². The first-order chi connectivity index (χ1) is 12.6. The fourth-order valence-corrected chi connectivity index (χ4v) is 3.76. The lowest BCUT2D eigenvalue weighted by Crippen LogP contribution is -2.48. The molecule has 0 radical (unpaired) electrons. The first-order valence-electron chi connectivity index (χ1n) is 9.15. The number of carbonyl (C=O) groups excluding carboxylic acids is 1. The average molecular weight is 351 g/mol. The maximum absolute atomic E-state index is 13.2. The number of likely N-dealkylation sites (tertiary alicyclic amines) is 1. The summed E-state index contributed by atoms with van der Waals surface area (Å²) in [4.78, 5) is 17.4. The standard InChI is InChI=1S/C21H25N3O2/c1-15-7-9-16(10-8-15)22-18-6-4-3-5-17(18)21(25)24-13-19-20(14-24)26-12-11-23(19)2/h3-10,19-20,22H,11-14H2,1-2H3/t19-,20+/m0/s1. The van der Waals surface area contributed by atoms with Crippen LogP contribution in [0.15, 0.2) is 48.5 Å². The molecular weight excluding hydrogens is 326 g/mol. The van der Waals surface area contributed by atoms with E-state index in [-0.39, 0.29) is 12.0 Å². The van der Waals surface area contributed by atoms with Crippen LogP contribution in [0.3, 0.4) is 0 Å². The van der Waals surface area contributed by atoms with Crippen LogP contribution in [0.4, 0.5) is 11.4 Å². The predicted molar refractivity (Wildman–Crippen MR) is 103 cm³/mol. The molecule has 1 N–H and O–H groups in total. The van der Waals surface area contributed by atoms with Crippen LogP contribution < -0.4 is 5.32 Å². The molecule has 26 heavy (non-hydrogen) atoms. The van der Waals surface area contributed by atoms with Gasteiger partial charge in [-0.2, -0.15) is 0 Å². The highest BCUT2D eigenvalue weighted by molar-refractivity contribution is 6.00. The summed E-state index contributed by atoms with van der Waals surface area (Å²) in [6.07, 6.45) is 0.120. The van der Waals surface area contributed by atoms with Gasteiger partial charge >= 0.3 is 0 Å². The van der Waals surface area contributed by atoms with Gasteiger partial charge < -0.3 is 15.0 Å². The Kier molecular flexibility index (Phi) is 4.66. The van der Waals surface area contributed by atoms with Crippen LogP contribution in [-0.2, 0) is 4.74 Å². The van der Waals surface area contributed by atoms with Crippen LogP contribution >= 0.6 is 0 Å². The maximum atomic E-state index is 13.2. The number of hydrogen-bond donors (Lipinski definition) is 1. The van der Waals surface area contributed by atoms with E-state index in [0.717, 1.165) is 31.1 Å². The highest BCUT2D eigenvalue weighted by Gasteiger charge is 2.40. The Morgan fingerprint density at radius 2 is 1.88 bits per heavy atom. The van der Waals surface area contributed by atoms with E-state index < -0.39 is 0 Å². The van der Waals surface area contributed by atoms with E-state index >= 15 is 0 Å². The van der Waals surface area contributed by atoms with E-state index in [0.29, 0.717) is 18.2 Å². The van der Waals surface area contributed by atoms with Crippen molar-refractivity contribution >= 4 is 17.3 Å². The Morgan fingerprint density at radius 1 is 1.12 bits per heavy atom. The number of hydrogen-bond acceptors (Lipinski definition) is 4. The topological polar surface area (TPSA) is 44.8 Å². The van der Waals surface area contributed by atoms with E-state index in [1.165, 1.54) is 5.56 Å². The highest BCUT2D eigenvalue weighted by atomic mass is 16.5. The monoisotopic (exact) mass is 351 g/mol. The molecule has 0 aliphatic carbocycles. The van der Waals surface area contributed by atoms with Gasteiger partial charge in [-0.15, -0.1) is 0 Å². The highest BCUT2D eigenvalue weighted by Crippen LogP contribution is 2.27. The van der Waals surface area contributed by atoms with E-state index in [4.69, 9.17) is 4.74 Å². The molecule has 136 valence electrons. The first-order valence-corrected chi connectivity index (χ1v) is 9.15. The molecule has 2 aliphatic rings. The number of anilines is 2. The quantitative estimate of drug-likeness (QED) is 0.924.